The standard InChI is InChI=1S/3C15H30O2.Al/c3*1-2-3-4-5-6-7-8-9-10-11-12-13-14-15(16)17;/h3*2-14H2,1H3,(H,16,17);/p-3. The van der Waals surface area contributed by atoms with Crippen molar-refractivity contribution in [2.75, 3.05) is 0 Å². The van der Waals surface area contributed by atoms with Crippen molar-refractivity contribution < 1.29 is 29.7 Å². The minimum Gasteiger partial charge on any atom is -0.550 e. The monoisotopic (exact) mass is 751 g/mol. The van der Waals surface area contributed by atoms with Gasteiger partial charge in [-0.15, -0.1) is 0 Å². The molecule has 0 heterocycles. The Morgan fingerprint density at radius 3 is 0.481 bits per heavy atom. The Morgan fingerprint density at radius 2 is 0.365 bits per heavy atom. The number of carbonyl (C=O) groups excluding carboxylic acids is 3. The molecule has 0 spiro atoms. The number of hydrogen-bond acceptors (Lipinski definition) is 6. The maximum Gasteiger partial charge on any atom is 0.0414 e. The van der Waals surface area contributed by atoms with Crippen LogP contribution < -0.4 is 15.3 Å². The Balaban J connectivity index is -0.000000329. The first-order chi connectivity index (χ1) is 24.8. The summed E-state index contributed by atoms with van der Waals surface area (Å²) in [6, 6.07) is 0. The molecule has 0 aromatic heterocycles. The molecule has 52 heavy (non-hydrogen) atoms. The summed E-state index contributed by atoms with van der Waals surface area (Å²) in [4.78, 5) is 30.5. The minimum absolute atomic E-state index is 0. The summed E-state index contributed by atoms with van der Waals surface area (Å²) < 4.78 is 0. The lowest BCUT2D eigenvalue weighted by atomic mass is 10.0. The molecular formula is C45H87AlO6-3. The summed E-state index contributed by atoms with van der Waals surface area (Å²) in [5, 5.41) is 30.5. The van der Waals surface area contributed by atoms with Gasteiger partial charge in [0.05, 0.1) is 0 Å². The Kier molecular flexibility index (Phi) is 60.2. The van der Waals surface area contributed by atoms with Crippen molar-refractivity contribution >= 4 is 35.3 Å². The third-order valence-electron chi connectivity index (χ3n) is 9.70. The van der Waals surface area contributed by atoms with Crippen LogP contribution in [0.3, 0.4) is 0 Å². The zero-order chi connectivity index (χ0) is 38.3. The van der Waals surface area contributed by atoms with Gasteiger partial charge in [-0.25, -0.2) is 0 Å². The predicted molar refractivity (Wildman–Crippen MR) is 218 cm³/mol. The summed E-state index contributed by atoms with van der Waals surface area (Å²) in [6.45, 7) is 6.75. The fraction of sp³-hybridized carbons (Fsp3) is 0.933. The van der Waals surface area contributed by atoms with Crippen molar-refractivity contribution in [3.05, 3.63) is 0 Å². The molecule has 0 aromatic carbocycles. The fourth-order valence-corrected chi connectivity index (χ4v) is 6.33. The lowest BCUT2D eigenvalue weighted by Gasteiger charge is -2.03. The normalized spacial score (nSPS) is 10.4. The highest BCUT2D eigenvalue weighted by atomic mass is 27.0. The molecule has 0 unspecified atom stereocenters. The quantitative estimate of drug-likeness (QED) is 0.0455. The van der Waals surface area contributed by atoms with Gasteiger partial charge in [0, 0.05) is 35.3 Å². The first kappa shape index (κ1) is 57.7. The van der Waals surface area contributed by atoms with Gasteiger partial charge in [0.1, 0.15) is 0 Å². The highest BCUT2D eigenvalue weighted by molar-refractivity contribution is 5.75. The SMILES string of the molecule is CCCCCCCCCCCCCCC(=O)[O-].CCCCCCCCCCCCCCC(=O)[O-].CCCCCCCCCCCCCCC(=O)[O-].[Al]. The van der Waals surface area contributed by atoms with Gasteiger partial charge in [-0.05, 0) is 38.5 Å². The van der Waals surface area contributed by atoms with Crippen LogP contribution in [0.15, 0.2) is 0 Å². The van der Waals surface area contributed by atoms with Crippen molar-refractivity contribution in [3.8, 4) is 0 Å². The second-order valence-corrected chi connectivity index (χ2v) is 15.0. The molecule has 309 valence electrons. The first-order valence-corrected chi connectivity index (χ1v) is 22.4. The van der Waals surface area contributed by atoms with E-state index in [1.165, 1.54) is 193 Å². The molecule has 0 aliphatic rings. The van der Waals surface area contributed by atoms with Crippen LogP contribution in [0.4, 0.5) is 0 Å². The number of carboxylic acids is 3. The van der Waals surface area contributed by atoms with E-state index in [4.69, 9.17) is 0 Å². The average molecular weight is 751 g/mol. The third kappa shape index (κ3) is 67.1. The molecular weight excluding hydrogens is 663 g/mol. The van der Waals surface area contributed by atoms with Crippen LogP contribution in [0.25, 0.3) is 0 Å². The van der Waals surface area contributed by atoms with Crippen LogP contribution >= 0.6 is 0 Å². The molecule has 7 heteroatoms. The van der Waals surface area contributed by atoms with Gasteiger partial charge < -0.3 is 29.7 Å². The minimum atomic E-state index is -0.905. The summed E-state index contributed by atoms with van der Waals surface area (Å²) in [5.74, 6) is -2.72. The molecule has 3 radical (unpaired) electrons. The van der Waals surface area contributed by atoms with Gasteiger partial charge in [0.15, 0.2) is 0 Å². The number of unbranched alkanes of at least 4 members (excludes halogenated alkanes) is 33. The molecule has 0 saturated heterocycles. The maximum atomic E-state index is 10.2. The summed E-state index contributed by atoms with van der Waals surface area (Å²) >= 11 is 0. The fourth-order valence-electron chi connectivity index (χ4n) is 6.33. The molecule has 0 fully saturated rings. The Hall–Kier alpha value is -1.06. The molecule has 0 aliphatic carbocycles. The van der Waals surface area contributed by atoms with Gasteiger partial charge in [0.25, 0.3) is 0 Å². The zero-order valence-electron chi connectivity index (χ0n) is 35.1. The molecule has 0 amide bonds. The van der Waals surface area contributed by atoms with Gasteiger partial charge in [-0.2, -0.15) is 0 Å². The number of carbonyl (C=O) groups is 3. The highest BCUT2D eigenvalue weighted by Crippen LogP contribution is 2.14. The molecule has 6 nitrogen and oxygen atoms in total. The van der Waals surface area contributed by atoms with Gasteiger partial charge in [-0.3, -0.25) is 0 Å². The van der Waals surface area contributed by atoms with Crippen molar-refractivity contribution in [2.24, 2.45) is 0 Å². The van der Waals surface area contributed by atoms with Gasteiger partial charge in [0.2, 0.25) is 0 Å². The van der Waals surface area contributed by atoms with Crippen molar-refractivity contribution in [3.63, 3.8) is 0 Å². The van der Waals surface area contributed by atoms with Crippen LogP contribution in [0, 0.1) is 0 Å². The van der Waals surface area contributed by atoms with E-state index in [-0.39, 0.29) is 36.6 Å². The summed E-state index contributed by atoms with van der Waals surface area (Å²) in [6.07, 6.45) is 46.4. The lowest BCUT2D eigenvalue weighted by Crippen LogP contribution is -2.21. The highest BCUT2D eigenvalue weighted by Gasteiger charge is 1.96. The summed E-state index contributed by atoms with van der Waals surface area (Å²) in [7, 11) is 0. The van der Waals surface area contributed by atoms with E-state index in [1.54, 1.807) is 0 Å². The van der Waals surface area contributed by atoms with Crippen molar-refractivity contribution in [1.29, 1.82) is 0 Å². The third-order valence-corrected chi connectivity index (χ3v) is 9.70. The second kappa shape index (κ2) is 54.3. The Morgan fingerprint density at radius 1 is 0.250 bits per heavy atom. The molecule has 0 aromatic rings. The Labute approximate surface area is 335 Å². The molecule has 0 rings (SSSR count). The topological polar surface area (TPSA) is 120 Å². The number of hydrogen-bond donors (Lipinski definition) is 0. The zero-order valence-corrected chi connectivity index (χ0v) is 36.3. The molecule has 0 atom stereocenters. The Bertz CT molecular complexity index is 596. The van der Waals surface area contributed by atoms with Crippen molar-refractivity contribution in [1.82, 2.24) is 0 Å². The second-order valence-electron chi connectivity index (χ2n) is 15.0. The van der Waals surface area contributed by atoms with E-state index in [1.807, 2.05) is 0 Å². The number of rotatable bonds is 39. The molecule has 0 saturated carbocycles. The predicted octanol–water partition coefficient (Wildman–Crippen LogP) is 11.1. The molecule has 0 N–H and O–H groups in total. The van der Waals surface area contributed by atoms with Crippen LogP contribution in [-0.4, -0.2) is 35.3 Å². The largest absolute Gasteiger partial charge is 0.550 e. The number of carboxylic acid groups (broad SMARTS) is 3. The smallest absolute Gasteiger partial charge is 0.0414 e. The van der Waals surface area contributed by atoms with E-state index < -0.39 is 17.9 Å². The van der Waals surface area contributed by atoms with Crippen LogP contribution in [0.5, 0.6) is 0 Å². The van der Waals surface area contributed by atoms with E-state index in [2.05, 4.69) is 20.8 Å². The van der Waals surface area contributed by atoms with E-state index >= 15 is 0 Å². The van der Waals surface area contributed by atoms with Crippen molar-refractivity contribution in [2.45, 2.75) is 271 Å². The van der Waals surface area contributed by atoms with E-state index in [9.17, 15) is 29.7 Å². The summed E-state index contributed by atoms with van der Waals surface area (Å²) in [5.41, 5.74) is 0. The first-order valence-electron chi connectivity index (χ1n) is 22.4. The van der Waals surface area contributed by atoms with E-state index in [0.717, 1.165) is 38.5 Å². The van der Waals surface area contributed by atoms with Crippen LogP contribution in [0.2, 0.25) is 0 Å². The van der Waals surface area contributed by atoms with Gasteiger partial charge >= 0.3 is 0 Å². The van der Waals surface area contributed by atoms with Gasteiger partial charge in [-0.1, -0.05) is 233 Å². The van der Waals surface area contributed by atoms with Crippen LogP contribution in [-0.2, 0) is 14.4 Å². The van der Waals surface area contributed by atoms with Crippen LogP contribution in [0.1, 0.15) is 271 Å². The lowest BCUT2D eigenvalue weighted by molar-refractivity contribution is -0.307. The number of aliphatic carboxylic acids is 3. The maximum absolute atomic E-state index is 10.2. The average Bonchev–Trinajstić information content (AvgIpc) is 3.10. The van der Waals surface area contributed by atoms with E-state index in [0.29, 0.717) is 0 Å². The molecule has 0 aliphatic heterocycles. The molecule has 0 bridgehead atoms.